The number of nitrogens with one attached hydrogen (secondary N) is 2. The summed E-state index contributed by atoms with van der Waals surface area (Å²) in [7, 11) is -3.87. The minimum absolute atomic E-state index is 0.0982. The largest absolute Gasteiger partial charge is 0.416 e. The summed E-state index contributed by atoms with van der Waals surface area (Å²) in [6.45, 7) is 1.40. The third kappa shape index (κ3) is 4.37. The predicted molar refractivity (Wildman–Crippen MR) is 65.6 cm³/mol. The molecule has 1 aromatic rings. The third-order valence-electron chi connectivity index (χ3n) is 2.22. The number of hydrogen-bond acceptors (Lipinski definition) is 3. The molecule has 19 heavy (non-hydrogen) atoms. The second kappa shape index (κ2) is 5.76. The van der Waals surface area contributed by atoms with Crippen molar-refractivity contribution < 1.29 is 21.6 Å². The van der Waals surface area contributed by atoms with Gasteiger partial charge in [-0.25, -0.2) is 0 Å². The first-order chi connectivity index (χ1) is 8.69. The van der Waals surface area contributed by atoms with Crippen LogP contribution >= 0.6 is 0 Å². The van der Waals surface area contributed by atoms with Crippen molar-refractivity contribution in [2.45, 2.75) is 19.6 Å². The summed E-state index contributed by atoms with van der Waals surface area (Å²) >= 11 is 0. The summed E-state index contributed by atoms with van der Waals surface area (Å²) in [4.78, 5) is 0. The van der Waals surface area contributed by atoms with Gasteiger partial charge in [0.05, 0.1) is 11.3 Å². The molecule has 0 spiro atoms. The Morgan fingerprint density at radius 3 is 2.42 bits per heavy atom. The van der Waals surface area contributed by atoms with Crippen LogP contribution in [0.2, 0.25) is 0 Å². The zero-order valence-electron chi connectivity index (χ0n) is 10.1. The average molecular weight is 297 g/mol. The Morgan fingerprint density at radius 2 is 1.95 bits per heavy atom. The van der Waals surface area contributed by atoms with E-state index in [0.717, 1.165) is 12.1 Å². The zero-order valence-corrected chi connectivity index (χ0v) is 10.9. The highest BCUT2D eigenvalue weighted by atomic mass is 32.2. The Balaban J connectivity index is 3.13. The van der Waals surface area contributed by atoms with Crippen molar-refractivity contribution in [3.63, 3.8) is 0 Å². The van der Waals surface area contributed by atoms with Gasteiger partial charge < -0.3 is 5.73 Å². The molecule has 0 bridgehead atoms. The van der Waals surface area contributed by atoms with Gasteiger partial charge in [0, 0.05) is 13.1 Å². The lowest BCUT2D eigenvalue weighted by molar-refractivity contribution is -0.138. The molecule has 0 aromatic heterocycles. The molecule has 0 aliphatic rings. The van der Waals surface area contributed by atoms with Crippen LogP contribution in [0, 0.1) is 0 Å². The van der Waals surface area contributed by atoms with Gasteiger partial charge in [0.1, 0.15) is 0 Å². The minimum Gasteiger partial charge on any atom is -0.326 e. The molecule has 0 aliphatic carbocycles. The third-order valence-corrected chi connectivity index (χ3v) is 3.39. The maximum absolute atomic E-state index is 12.7. The summed E-state index contributed by atoms with van der Waals surface area (Å²) in [5.74, 6) is 0. The predicted octanol–water partition coefficient (Wildman–Crippen LogP) is 1.43. The summed E-state index contributed by atoms with van der Waals surface area (Å²) < 4.78 is 65.1. The maximum Gasteiger partial charge on any atom is 0.416 e. The molecule has 0 saturated carbocycles. The van der Waals surface area contributed by atoms with E-state index in [2.05, 4.69) is 4.72 Å². The standard InChI is InChI=1S/C10H14F3N3O2S/c1-2-15-19(17,18)16-8-4-3-7(6-14)9(5-8)10(11,12)13/h3-5,15-16H,2,6,14H2,1H3. The smallest absolute Gasteiger partial charge is 0.326 e. The molecule has 4 N–H and O–H groups in total. The van der Waals surface area contributed by atoms with Crippen molar-refractivity contribution in [2.75, 3.05) is 11.3 Å². The van der Waals surface area contributed by atoms with Crippen LogP contribution in [0.25, 0.3) is 0 Å². The van der Waals surface area contributed by atoms with Gasteiger partial charge in [0.2, 0.25) is 0 Å². The van der Waals surface area contributed by atoms with Crippen LogP contribution < -0.4 is 15.2 Å². The summed E-state index contributed by atoms with van der Waals surface area (Å²) in [5, 5.41) is 0. The Kier molecular flexibility index (Phi) is 4.77. The number of hydrogen-bond donors (Lipinski definition) is 3. The Bertz CT molecular complexity index is 543. The second-order valence-corrected chi connectivity index (χ2v) is 5.18. The molecule has 0 aliphatic heterocycles. The normalized spacial score (nSPS) is 12.5. The highest BCUT2D eigenvalue weighted by molar-refractivity contribution is 7.90. The van der Waals surface area contributed by atoms with Gasteiger partial charge in [-0.15, -0.1) is 0 Å². The van der Waals surface area contributed by atoms with Crippen LogP contribution in [-0.2, 0) is 22.9 Å². The van der Waals surface area contributed by atoms with E-state index in [9.17, 15) is 21.6 Å². The fourth-order valence-corrected chi connectivity index (χ4v) is 2.35. The first-order valence-corrected chi connectivity index (χ1v) is 6.85. The monoisotopic (exact) mass is 297 g/mol. The Hall–Kier alpha value is -1.32. The van der Waals surface area contributed by atoms with Crippen LogP contribution in [-0.4, -0.2) is 15.0 Å². The number of rotatable bonds is 5. The van der Waals surface area contributed by atoms with Gasteiger partial charge in [0.15, 0.2) is 0 Å². The molecule has 0 saturated heterocycles. The lowest BCUT2D eigenvalue weighted by Crippen LogP contribution is -2.30. The van der Waals surface area contributed by atoms with Crippen molar-refractivity contribution in [3.8, 4) is 0 Å². The second-order valence-electron chi connectivity index (χ2n) is 3.68. The van der Waals surface area contributed by atoms with E-state index in [1.54, 1.807) is 6.92 Å². The lowest BCUT2D eigenvalue weighted by atomic mass is 10.1. The quantitative estimate of drug-likeness (QED) is 0.768. The lowest BCUT2D eigenvalue weighted by Gasteiger charge is -2.14. The van der Waals surface area contributed by atoms with E-state index in [0.29, 0.717) is 0 Å². The summed E-state index contributed by atoms with van der Waals surface area (Å²) in [5.41, 5.74) is 4.00. The fourth-order valence-electron chi connectivity index (χ4n) is 1.46. The van der Waals surface area contributed by atoms with Crippen LogP contribution in [0.1, 0.15) is 18.1 Å². The van der Waals surface area contributed by atoms with Crippen LogP contribution in [0.3, 0.4) is 0 Å². The number of anilines is 1. The van der Waals surface area contributed by atoms with Crippen LogP contribution in [0.15, 0.2) is 18.2 Å². The molecule has 0 heterocycles. The highest BCUT2D eigenvalue weighted by Gasteiger charge is 2.33. The van der Waals surface area contributed by atoms with Crippen molar-refractivity contribution in [1.82, 2.24) is 4.72 Å². The maximum atomic E-state index is 12.7. The molecule has 5 nitrogen and oxygen atoms in total. The first kappa shape index (κ1) is 15.7. The average Bonchev–Trinajstić information content (AvgIpc) is 2.27. The molecule has 0 amide bonds. The van der Waals surface area contributed by atoms with Gasteiger partial charge in [-0.2, -0.15) is 26.3 Å². The van der Waals surface area contributed by atoms with Crippen molar-refractivity contribution in [3.05, 3.63) is 29.3 Å². The molecule has 108 valence electrons. The van der Waals surface area contributed by atoms with Crippen molar-refractivity contribution >= 4 is 15.9 Å². The SMILES string of the molecule is CCNS(=O)(=O)Nc1ccc(CN)c(C(F)(F)F)c1. The Morgan fingerprint density at radius 1 is 1.32 bits per heavy atom. The fraction of sp³-hybridized carbons (Fsp3) is 0.400. The molecule has 1 aromatic carbocycles. The van der Waals surface area contributed by atoms with E-state index in [1.165, 1.54) is 6.07 Å². The summed E-state index contributed by atoms with van der Waals surface area (Å²) in [6, 6.07) is 3.09. The van der Waals surface area contributed by atoms with Crippen LogP contribution in [0.5, 0.6) is 0 Å². The molecular weight excluding hydrogens is 283 g/mol. The van der Waals surface area contributed by atoms with Crippen molar-refractivity contribution in [1.29, 1.82) is 0 Å². The Labute approximate surface area is 109 Å². The van der Waals surface area contributed by atoms with E-state index in [-0.39, 0.29) is 24.3 Å². The summed E-state index contributed by atoms with van der Waals surface area (Å²) in [6.07, 6.45) is -4.59. The van der Waals surface area contributed by atoms with Gasteiger partial charge in [-0.05, 0) is 17.7 Å². The number of alkyl halides is 3. The van der Waals surface area contributed by atoms with E-state index in [4.69, 9.17) is 5.73 Å². The van der Waals surface area contributed by atoms with Gasteiger partial charge >= 0.3 is 6.18 Å². The van der Waals surface area contributed by atoms with E-state index in [1.807, 2.05) is 4.72 Å². The van der Waals surface area contributed by atoms with Gasteiger partial charge in [0.25, 0.3) is 10.2 Å². The first-order valence-electron chi connectivity index (χ1n) is 5.37. The van der Waals surface area contributed by atoms with Crippen LogP contribution in [0.4, 0.5) is 18.9 Å². The van der Waals surface area contributed by atoms with Crippen molar-refractivity contribution in [2.24, 2.45) is 5.73 Å². The number of benzene rings is 1. The molecule has 0 fully saturated rings. The number of nitrogens with two attached hydrogens (primary N) is 1. The molecule has 9 heteroatoms. The molecule has 0 radical (unpaired) electrons. The van der Waals surface area contributed by atoms with Gasteiger partial charge in [-0.1, -0.05) is 13.0 Å². The van der Waals surface area contributed by atoms with Gasteiger partial charge in [-0.3, -0.25) is 4.72 Å². The number of halogens is 3. The van der Waals surface area contributed by atoms with E-state index < -0.39 is 21.9 Å². The highest BCUT2D eigenvalue weighted by Crippen LogP contribution is 2.33. The topological polar surface area (TPSA) is 84.2 Å². The molecular formula is C10H14F3N3O2S. The van der Waals surface area contributed by atoms with E-state index >= 15 is 0 Å². The minimum atomic E-state index is -4.59. The molecule has 0 atom stereocenters. The molecule has 1 rings (SSSR count). The zero-order chi connectivity index (χ0) is 14.7. The molecule has 0 unspecified atom stereocenters.